The predicted molar refractivity (Wildman–Crippen MR) is 70.9 cm³/mol. The monoisotopic (exact) mass is 263 g/mol. The van der Waals surface area contributed by atoms with E-state index in [1.54, 1.807) is 13.0 Å². The molecule has 19 heavy (non-hydrogen) atoms. The zero-order valence-electron chi connectivity index (χ0n) is 10.9. The summed E-state index contributed by atoms with van der Waals surface area (Å²) in [5, 5.41) is 3.15. The molecule has 0 spiro atoms. The van der Waals surface area contributed by atoms with Crippen LogP contribution < -0.4 is 5.32 Å². The lowest BCUT2D eigenvalue weighted by Crippen LogP contribution is -2.04. The van der Waals surface area contributed by atoms with Gasteiger partial charge in [0.1, 0.15) is 11.6 Å². The molecule has 5 heteroatoms. The van der Waals surface area contributed by atoms with E-state index >= 15 is 0 Å². The first-order valence-electron chi connectivity index (χ1n) is 6.15. The predicted octanol–water partition coefficient (Wildman–Crippen LogP) is 3.55. The van der Waals surface area contributed by atoms with Crippen LogP contribution in [0.2, 0.25) is 0 Å². The smallest absolute Gasteiger partial charge is 0.159 e. The molecule has 0 saturated heterocycles. The lowest BCUT2D eigenvalue weighted by molar-refractivity contribution is 0.509. The third kappa shape index (κ3) is 3.24. The summed E-state index contributed by atoms with van der Waals surface area (Å²) < 4.78 is 26.2. The summed E-state index contributed by atoms with van der Waals surface area (Å²) in [6, 6.07) is 5.47. The minimum atomic E-state index is -0.878. The number of hydrogen-bond donors (Lipinski definition) is 1. The fourth-order valence-corrected chi connectivity index (χ4v) is 1.71. The van der Waals surface area contributed by atoms with Crippen LogP contribution >= 0.6 is 0 Å². The molecule has 1 heterocycles. The second kappa shape index (κ2) is 5.73. The SMILES string of the molecule is CCCNc1cc(-c2ccc(F)c(F)c2)nc(C)n1. The van der Waals surface area contributed by atoms with E-state index in [2.05, 4.69) is 22.2 Å². The van der Waals surface area contributed by atoms with Crippen LogP contribution in [0.15, 0.2) is 24.3 Å². The third-order valence-electron chi connectivity index (χ3n) is 2.61. The van der Waals surface area contributed by atoms with Gasteiger partial charge in [-0.15, -0.1) is 0 Å². The van der Waals surface area contributed by atoms with Crippen molar-refractivity contribution in [2.45, 2.75) is 20.3 Å². The van der Waals surface area contributed by atoms with Gasteiger partial charge < -0.3 is 5.32 Å². The van der Waals surface area contributed by atoms with Crippen molar-refractivity contribution in [1.29, 1.82) is 0 Å². The molecule has 100 valence electrons. The van der Waals surface area contributed by atoms with Gasteiger partial charge in [-0.05, 0) is 31.5 Å². The van der Waals surface area contributed by atoms with E-state index in [4.69, 9.17) is 0 Å². The highest BCUT2D eigenvalue weighted by Crippen LogP contribution is 2.21. The number of aromatic nitrogens is 2. The lowest BCUT2D eigenvalue weighted by atomic mass is 10.1. The molecule has 0 aliphatic rings. The minimum absolute atomic E-state index is 0.531. The summed E-state index contributed by atoms with van der Waals surface area (Å²) >= 11 is 0. The van der Waals surface area contributed by atoms with Crippen molar-refractivity contribution >= 4 is 5.82 Å². The fraction of sp³-hybridized carbons (Fsp3) is 0.286. The molecule has 3 nitrogen and oxygen atoms in total. The van der Waals surface area contributed by atoms with E-state index in [0.29, 0.717) is 22.9 Å². The van der Waals surface area contributed by atoms with Crippen molar-refractivity contribution in [3.05, 3.63) is 41.7 Å². The van der Waals surface area contributed by atoms with E-state index < -0.39 is 11.6 Å². The number of rotatable bonds is 4. The first-order valence-corrected chi connectivity index (χ1v) is 6.15. The minimum Gasteiger partial charge on any atom is -0.370 e. The van der Waals surface area contributed by atoms with Crippen LogP contribution in [0.3, 0.4) is 0 Å². The largest absolute Gasteiger partial charge is 0.370 e. The number of halogens is 2. The quantitative estimate of drug-likeness (QED) is 0.916. The first-order chi connectivity index (χ1) is 9.10. The van der Waals surface area contributed by atoms with E-state index in [-0.39, 0.29) is 0 Å². The maximum atomic E-state index is 13.2. The van der Waals surface area contributed by atoms with Crippen LogP contribution in [0.1, 0.15) is 19.2 Å². The Morgan fingerprint density at radius 1 is 1.11 bits per heavy atom. The van der Waals surface area contributed by atoms with Gasteiger partial charge in [0.05, 0.1) is 5.69 Å². The summed E-state index contributed by atoms with van der Waals surface area (Å²) in [5.41, 5.74) is 1.11. The van der Waals surface area contributed by atoms with Crippen LogP contribution in [0.4, 0.5) is 14.6 Å². The highest BCUT2D eigenvalue weighted by Gasteiger charge is 2.08. The molecule has 2 rings (SSSR count). The Morgan fingerprint density at radius 2 is 1.89 bits per heavy atom. The van der Waals surface area contributed by atoms with Crippen LogP contribution in [-0.2, 0) is 0 Å². The number of hydrogen-bond acceptors (Lipinski definition) is 3. The molecule has 1 N–H and O–H groups in total. The van der Waals surface area contributed by atoms with Gasteiger partial charge in [-0.1, -0.05) is 6.92 Å². The van der Waals surface area contributed by atoms with Crippen molar-refractivity contribution in [2.24, 2.45) is 0 Å². The second-order valence-electron chi connectivity index (χ2n) is 4.24. The van der Waals surface area contributed by atoms with Crippen molar-refractivity contribution in [2.75, 3.05) is 11.9 Å². The Kier molecular flexibility index (Phi) is 4.04. The second-order valence-corrected chi connectivity index (χ2v) is 4.24. The zero-order chi connectivity index (χ0) is 13.8. The number of benzene rings is 1. The Morgan fingerprint density at radius 3 is 2.58 bits per heavy atom. The molecule has 1 aromatic carbocycles. The van der Waals surface area contributed by atoms with Crippen molar-refractivity contribution in [3.8, 4) is 11.3 Å². The summed E-state index contributed by atoms with van der Waals surface area (Å²) in [6.45, 7) is 4.62. The maximum Gasteiger partial charge on any atom is 0.159 e. The van der Waals surface area contributed by atoms with Crippen LogP contribution in [0.25, 0.3) is 11.3 Å². The molecule has 0 radical (unpaired) electrons. The molecular weight excluding hydrogens is 248 g/mol. The Hall–Kier alpha value is -2.04. The Balaban J connectivity index is 2.37. The van der Waals surface area contributed by atoms with Gasteiger partial charge in [0.25, 0.3) is 0 Å². The standard InChI is InChI=1S/C14H15F2N3/c1-3-6-17-14-8-13(18-9(2)19-14)10-4-5-11(15)12(16)7-10/h4-5,7-8H,3,6H2,1-2H3,(H,17,18,19). The van der Waals surface area contributed by atoms with Crippen molar-refractivity contribution < 1.29 is 8.78 Å². The molecule has 0 bridgehead atoms. The first kappa shape index (κ1) is 13.4. The van der Waals surface area contributed by atoms with E-state index in [9.17, 15) is 8.78 Å². The van der Waals surface area contributed by atoms with Crippen LogP contribution in [0.5, 0.6) is 0 Å². The average Bonchev–Trinajstić information content (AvgIpc) is 2.39. The van der Waals surface area contributed by atoms with Gasteiger partial charge in [-0.3, -0.25) is 0 Å². The Labute approximate surface area is 110 Å². The summed E-state index contributed by atoms with van der Waals surface area (Å²) in [5.74, 6) is -0.467. The van der Waals surface area contributed by atoms with Gasteiger partial charge in [-0.2, -0.15) is 0 Å². The normalized spacial score (nSPS) is 10.5. The molecule has 0 saturated carbocycles. The van der Waals surface area contributed by atoms with Gasteiger partial charge in [-0.25, -0.2) is 18.7 Å². The average molecular weight is 263 g/mol. The topological polar surface area (TPSA) is 37.8 Å². The zero-order valence-corrected chi connectivity index (χ0v) is 10.9. The highest BCUT2D eigenvalue weighted by atomic mass is 19.2. The summed E-state index contributed by atoms with van der Waals surface area (Å²) in [6.07, 6.45) is 0.976. The fourth-order valence-electron chi connectivity index (χ4n) is 1.71. The number of nitrogens with one attached hydrogen (secondary N) is 1. The molecule has 0 amide bonds. The van der Waals surface area contributed by atoms with Gasteiger partial charge in [0, 0.05) is 18.2 Å². The molecule has 0 unspecified atom stereocenters. The number of nitrogens with zero attached hydrogens (tertiary/aromatic N) is 2. The number of aryl methyl sites for hydroxylation is 1. The van der Waals surface area contributed by atoms with E-state index in [1.165, 1.54) is 6.07 Å². The van der Waals surface area contributed by atoms with E-state index in [0.717, 1.165) is 25.1 Å². The molecular formula is C14H15F2N3. The molecule has 0 fully saturated rings. The van der Waals surface area contributed by atoms with Gasteiger partial charge in [0.2, 0.25) is 0 Å². The third-order valence-corrected chi connectivity index (χ3v) is 2.61. The Bertz CT molecular complexity index is 585. The summed E-state index contributed by atoms with van der Waals surface area (Å²) in [4.78, 5) is 8.49. The lowest BCUT2D eigenvalue weighted by Gasteiger charge is -2.08. The highest BCUT2D eigenvalue weighted by molar-refractivity contribution is 5.62. The molecule has 1 aromatic heterocycles. The maximum absolute atomic E-state index is 13.2. The van der Waals surface area contributed by atoms with Gasteiger partial charge in [0.15, 0.2) is 11.6 Å². The van der Waals surface area contributed by atoms with Crippen LogP contribution in [-0.4, -0.2) is 16.5 Å². The van der Waals surface area contributed by atoms with Crippen molar-refractivity contribution in [3.63, 3.8) is 0 Å². The number of anilines is 1. The van der Waals surface area contributed by atoms with Gasteiger partial charge >= 0.3 is 0 Å². The molecule has 0 atom stereocenters. The molecule has 0 aliphatic heterocycles. The van der Waals surface area contributed by atoms with E-state index in [1.807, 2.05) is 0 Å². The molecule has 0 aliphatic carbocycles. The summed E-state index contributed by atoms with van der Waals surface area (Å²) in [7, 11) is 0. The molecule has 2 aromatic rings. The van der Waals surface area contributed by atoms with Crippen LogP contribution in [0, 0.1) is 18.6 Å². The van der Waals surface area contributed by atoms with Crippen molar-refractivity contribution in [1.82, 2.24) is 9.97 Å².